The van der Waals surface area contributed by atoms with Crippen molar-refractivity contribution >= 4 is 23.6 Å². The fourth-order valence-corrected chi connectivity index (χ4v) is 3.12. The molecule has 1 aliphatic carbocycles. The van der Waals surface area contributed by atoms with Crippen LogP contribution in [0.4, 0.5) is 5.95 Å². The van der Waals surface area contributed by atoms with Crippen LogP contribution in [-0.4, -0.2) is 38.2 Å². The van der Waals surface area contributed by atoms with E-state index in [1.807, 2.05) is 11.8 Å². The molecule has 1 amide bonds. The third-order valence-electron chi connectivity index (χ3n) is 3.18. The summed E-state index contributed by atoms with van der Waals surface area (Å²) in [6, 6.07) is 0.296. The number of anilines is 1. The number of nitrogens with two attached hydrogens (primary N) is 1. The maximum atomic E-state index is 11.8. The van der Waals surface area contributed by atoms with E-state index in [0.717, 1.165) is 12.8 Å². The number of nitrogen functional groups attached to an aromatic ring is 1. The molecule has 1 heterocycles. The highest BCUT2D eigenvalue weighted by Gasteiger charge is 2.22. The fraction of sp³-hybridized carbons (Fsp3) is 0.727. The maximum Gasteiger partial charge on any atom is 0.242 e. The molecule has 1 fully saturated rings. The minimum Gasteiger partial charge on any atom is -0.367 e. The van der Waals surface area contributed by atoms with E-state index in [1.165, 1.54) is 23.9 Å². The number of nitrogens with one attached hydrogen (secondary N) is 1. The van der Waals surface area contributed by atoms with Gasteiger partial charge >= 0.3 is 0 Å². The van der Waals surface area contributed by atoms with E-state index in [1.54, 1.807) is 0 Å². The Morgan fingerprint density at radius 1 is 1.67 bits per heavy atom. The van der Waals surface area contributed by atoms with Crippen LogP contribution in [0.3, 0.4) is 0 Å². The Kier molecular flexibility index (Phi) is 4.46. The Balaban J connectivity index is 1.80. The molecule has 0 radical (unpaired) electrons. The van der Waals surface area contributed by atoms with Gasteiger partial charge in [-0.05, 0) is 25.5 Å². The van der Waals surface area contributed by atoms with Crippen LogP contribution in [-0.2, 0) is 11.3 Å². The van der Waals surface area contributed by atoms with E-state index in [9.17, 15) is 4.79 Å². The molecule has 6 nitrogen and oxygen atoms in total. The Morgan fingerprint density at radius 2 is 2.50 bits per heavy atom. The van der Waals surface area contributed by atoms with Crippen molar-refractivity contribution in [1.82, 2.24) is 20.1 Å². The third-order valence-corrected chi connectivity index (χ3v) is 4.28. The molecule has 3 N–H and O–H groups in total. The van der Waals surface area contributed by atoms with Gasteiger partial charge < -0.3 is 11.1 Å². The zero-order valence-corrected chi connectivity index (χ0v) is 11.3. The Hall–Kier alpha value is -1.24. The minimum absolute atomic E-state index is 0.0216. The Labute approximate surface area is 111 Å². The zero-order chi connectivity index (χ0) is 13.0. The molecule has 1 aliphatic rings. The van der Waals surface area contributed by atoms with Crippen molar-refractivity contribution in [2.45, 2.75) is 43.5 Å². The summed E-state index contributed by atoms with van der Waals surface area (Å²) in [7, 11) is 0. The molecular weight excluding hydrogens is 250 g/mol. The molecule has 2 rings (SSSR count). The number of amides is 1. The Morgan fingerprint density at radius 3 is 3.17 bits per heavy atom. The van der Waals surface area contributed by atoms with E-state index >= 15 is 0 Å². The lowest BCUT2D eigenvalue weighted by Crippen LogP contribution is -2.40. The minimum atomic E-state index is -0.0216. The van der Waals surface area contributed by atoms with Gasteiger partial charge in [-0.1, -0.05) is 6.42 Å². The lowest BCUT2D eigenvalue weighted by molar-refractivity contribution is -0.122. The highest BCUT2D eigenvalue weighted by molar-refractivity contribution is 7.99. The smallest absolute Gasteiger partial charge is 0.242 e. The molecule has 7 heteroatoms. The van der Waals surface area contributed by atoms with Crippen LogP contribution >= 0.6 is 11.8 Å². The van der Waals surface area contributed by atoms with Crippen LogP contribution < -0.4 is 11.1 Å². The molecule has 0 bridgehead atoms. The summed E-state index contributed by atoms with van der Waals surface area (Å²) in [5.41, 5.74) is 5.40. The topological polar surface area (TPSA) is 85.8 Å². The number of carbonyl (C=O) groups is 1. The second kappa shape index (κ2) is 6.08. The standard InChI is InChI=1S/C11H19N5OS/c1-18-9-4-2-3-8(5-9)14-10(17)6-16-7-13-11(12)15-16/h7-9H,2-6H2,1H3,(H2,12,15)(H,14,17). The maximum absolute atomic E-state index is 11.8. The van der Waals surface area contributed by atoms with Gasteiger partial charge in [-0.25, -0.2) is 9.67 Å². The molecule has 1 aromatic rings. The average molecular weight is 269 g/mol. The van der Waals surface area contributed by atoms with Gasteiger partial charge in [0.15, 0.2) is 0 Å². The van der Waals surface area contributed by atoms with Gasteiger partial charge in [0.1, 0.15) is 12.9 Å². The zero-order valence-electron chi connectivity index (χ0n) is 10.5. The summed E-state index contributed by atoms with van der Waals surface area (Å²) < 4.78 is 1.46. The van der Waals surface area contributed by atoms with E-state index in [0.29, 0.717) is 11.3 Å². The molecule has 0 aliphatic heterocycles. The number of thioether (sulfide) groups is 1. The average Bonchev–Trinajstić information content (AvgIpc) is 2.74. The van der Waals surface area contributed by atoms with E-state index in [2.05, 4.69) is 21.7 Å². The molecule has 100 valence electrons. The van der Waals surface area contributed by atoms with Crippen LogP contribution in [0.25, 0.3) is 0 Å². The van der Waals surface area contributed by atoms with Gasteiger partial charge in [-0.15, -0.1) is 5.10 Å². The molecule has 18 heavy (non-hydrogen) atoms. The highest BCUT2D eigenvalue weighted by atomic mass is 32.2. The van der Waals surface area contributed by atoms with E-state index in [4.69, 9.17) is 5.73 Å². The number of aromatic nitrogens is 3. The molecule has 0 spiro atoms. The number of hydrogen-bond acceptors (Lipinski definition) is 5. The summed E-state index contributed by atoms with van der Waals surface area (Å²) in [4.78, 5) is 15.6. The number of carbonyl (C=O) groups excluding carboxylic acids is 1. The third kappa shape index (κ3) is 3.63. The highest BCUT2D eigenvalue weighted by Crippen LogP contribution is 2.26. The molecule has 1 aromatic heterocycles. The van der Waals surface area contributed by atoms with Crippen molar-refractivity contribution in [1.29, 1.82) is 0 Å². The molecule has 2 unspecified atom stereocenters. The lowest BCUT2D eigenvalue weighted by atomic mass is 9.95. The number of rotatable bonds is 4. The lowest BCUT2D eigenvalue weighted by Gasteiger charge is -2.28. The van der Waals surface area contributed by atoms with Crippen molar-refractivity contribution in [3.63, 3.8) is 0 Å². The molecule has 2 atom stereocenters. The van der Waals surface area contributed by atoms with Gasteiger partial charge in [0.25, 0.3) is 0 Å². The van der Waals surface area contributed by atoms with Gasteiger partial charge in [-0.2, -0.15) is 11.8 Å². The number of hydrogen-bond donors (Lipinski definition) is 2. The summed E-state index contributed by atoms with van der Waals surface area (Å²) in [6.07, 6.45) is 8.18. The van der Waals surface area contributed by atoms with Crippen LogP contribution in [0.2, 0.25) is 0 Å². The molecule has 0 saturated heterocycles. The molecular formula is C11H19N5OS. The van der Waals surface area contributed by atoms with Crippen LogP contribution in [0, 0.1) is 0 Å². The summed E-state index contributed by atoms with van der Waals surface area (Å²) in [6.45, 7) is 0.185. The van der Waals surface area contributed by atoms with Gasteiger partial charge in [0, 0.05) is 11.3 Å². The van der Waals surface area contributed by atoms with Crippen LogP contribution in [0.5, 0.6) is 0 Å². The van der Waals surface area contributed by atoms with Gasteiger partial charge in [-0.3, -0.25) is 4.79 Å². The summed E-state index contributed by atoms with van der Waals surface area (Å²) >= 11 is 1.89. The van der Waals surface area contributed by atoms with Crippen LogP contribution in [0.15, 0.2) is 6.33 Å². The van der Waals surface area contributed by atoms with Crippen molar-refractivity contribution in [3.05, 3.63) is 6.33 Å². The van der Waals surface area contributed by atoms with Gasteiger partial charge in [0.05, 0.1) is 0 Å². The van der Waals surface area contributed by atoms with Crippen molar-refractivity contribution in [3.8, 4) is 0 Å². The predicted octanol–water partition coefficient (Wildman–Crippen LogP) is 0.651. The van der Waals surface area contributed by atoms with E-state index < -0.39 is 0 Å². The van der Waals surface area contributed by atoms with Crippen molar-refractivity contribution in [2.24, 2.45) is 0 Å². The first-order valence-corrected chi connectivity index (χ1v) is 7.43. The first kappa shape index (κ1) is 13.2. The second-order valence-electron chi connectivity index (χ2n) is 4.59. The summed E-state index contributed by atoms with van der Waals surface area (Å²) in [5.74, 6) is 0.176. The second-order valence-corrected chi connectivity index (χ2v) is 5.73. The summed E-state index contributed by atoms with van der Waals surface area (Å²) in [5, 5.41) is 7.62. The SMILES string of the molecule is CSC1CCCC(NC(=O)Cn2cnc(N)n2)C1. The van der Waals surface area contributed by atoms with Crippen molar-refractivity contribution in [2.75, 3.05) is 12.0 Å². The van der Waals surface area contributed by atoms with E-state index in [-0.39, 0.29) is 18.4 Å². The first-order chi connectivity index (χ1) is 8.67. The predicted molar refractivity (Wildman–Crippen MR) is 72.1 cm³/mol. The largest absolute Gasteiger partial charge is 0.367 e. The molecule has 0 aromatic carbocycles. The molecule has 1 saturated carbocycles. The van der Waals surface area contributed by atoms with Crippen molar-refractivity contribution < 1.29 is 4.79 Å². The fourth-order valence-electron chi connectivity index (χ4n) is 2.30. The first-order valence-electron chi connectivity index (χ1n) is 6.14. The normalized spacial score (nSPS) is 23.8. The number of nitrogens with zero attached hydrogens (tertiary/aromatic N) is 3. The Bertz CT molecular complexity index is 408. The van der Waals surface area contributed by atoms with Crippen LogP contribution in [0.1, 0.15) is 25.7 Å². The quantitative estimate of drug-likeness (QED) is 0.838. The van der Waals surface area contributed by atoms with Gasteiger partial charge in [0.2, 0.25) is 11.9 Å². The monoisotopic (exact) mass is 269 g/mol.